The van der Waals surface area contributed by atoms with Crippen LogP contribution in [-0.2, 0) is 4.79 Å². The quantitative estimate of drug-likeness (QED) is 0.672. The molecule has 3 rings (SSSR count). The number of benzene rings is 2. The van der Waals surface area contributed by atoms with E-state index in [4.69, 9.17) is 21.6 Å². The number of hydrogen-bond acceptors (Lipinski definition) is 4. The van der Waals surface area contributed by atoms with E-state index in [0.717, 1.165) is 29.7 Å². The highest BCUT2D eigenvalue weighted by atomic mass is 79.9. The first-order chi connectivity index (χ1) is 13.5. The summed E-state index contributed by atoms with van der Waals surface area (Å²) in [6.07, 6.45) is 0.294. The van der Waals surface area contributed by atoms with Gasteiger partial charge in [-0.1, -0.05) is 11.6 Å². The molecule has 1 amide bonds. The summed E-state index contributed by atoms with van der Waals surface area (Å²) in [5, 5.41) is 9.54. The number of ether oxygens (including phenoxy) is 1. The van der Waals surface area contributed by atoms with Crippen LogP contribution in [0.15, 0.2) is 46.9 Å². The molecule has 1 fully saturated rings. The van der Waals surface area contributed by atoms with Gasteiger partial charge in [0.15, 0.2) is 6.10 Å². The minimum absolute atomic E-state index is 0.0245. The van der Waals surface area contributed by atoms with Crippen molar-refractivity contribution in [3.8, 4) is 11.8 Å². The fourth-order valence-corrected chi connectivity index (χ4v) is 3.99. The SMILES string of the molecule is CC(Oc1ccc(Cl)cc1Br)C(=O)N1CCCN(c2ccc(C#N)cc2)CC1. The maximum atomic E-state index is 12.9. The van der Waals surface area contributed by atoms with Gasteiger partial charge >= 0.3 is 0 Å². The smallest absolute Gasteiger partial charge is 0.263 e. The van der Waals surface area contributed by atoms with Gasteiger partial charge in [-0.2, -0.15) is 5.26 Å². The Bertz CT molecular complexity index is 882. The van der Waals surface area contributed by atoms with Gasteiger partial charge in [0, 0.05) is 36.9 Å². The first-order valence-electron chi connectivity index (χ1n) is 9.13. The molecule has 2 aromatic rings. The second kappa shape index (κ2) is 9.31. The summed E-state index contributed by atoms with van der Waals surface area (Å²) in [5.41, 5.74) is 1.72. The molecular formula is C21H21BrClN3O2. The topological polar surface area (TPSA) is 56.6 Å². The Morgan fingerprint density at radius 1 is 1.18 bits per heavy atom. The number of nitriles is 1. The zero-order chi connectivity index (χ0) is 20.1. The minimum Gasteiger partial charge on any atom is -0.480 e. The number of hydrogen-bond donors (Lipinski definition) is 0. The molecule has 1 aliphatic heterocycles. The van der Waals surface area contributed by atoms with E-state index in [9.17, 15) is 4.79 Å². The first-order valence-corrected chi connectivity index (χ1v) is 10.3. The van der Waals surface area contributed by atoms with Crippen molar-refractivity contribution in [2.45, 2.75) is 19.4 Å². The van der Waals surface area contributed by atoms with Crippen LogP contribution in [0.5, 0.6) is 5.75 Å². The number of rotatable bonds is 4. The highest BCUT2D eigenvalue weighted by Crippen LogP contribution is 2.29. The molecule has 5 nitrogen and oxygen atoms in total. The summed E-state index contributed by atoms with van der Waals surface area (Å²) in [6, 6.07) is 14.9. The molecule has 0 aliphatic carbocycles. The molecule has 0 aromatic heterocycles. The molecule has 0 saturated carbocycles. The van der Waals surface area contributed by atoms with Crippen molar-refractivity contribution >= 4 is 39.1 Å². The molecule has 0 bridgehead atoms. The zero-order valence-corrected chi connectivity index (χ0v) is 17.9. The first kappa shape index (κ1) is 20.5. The number of nitrogens with zero attached hydrogens (tertiary/aromatic N) is 3. The Labute approximate surface area is 178 Å². The van der Waals surface area contributed by atoms with Crippen molar-refractivity contribution in [2.75, 3.05) is 31.1 Å². The van der Waals surface area contributed by atoms with Crippen molar-refractivity contribution in [3.05, 3.63) is 57.5 Å². The van der Waals surface area contributed by atoms with E-state index in [1.807, 2.05) is 29.2 Å². The molecular weight excluding hydrogens is 442 g/mol. The Balaban J connectivity index is 1.60. The van der Waals surface area contributed by atoms with E-state index < -0.39 is 6.10 Å². The van der Waals surface area contributed by atoms with Gasteiger partial charge in [-0.25, -0.2) is 0 Å². The molecule has 28 heavy (non-hydrogen) atoms. The number of amides is 1. The lowest BCUT2D eigenvalue weighted by Gasteiger charge is -2.26. The van der Waals surface area contributed by atoms with Crippen LogP contribution >= 0.6 is 27.5 Å². The third-order valence-corrected chi connectivity index (χ3v) is 5.57. The van der Waals surface area contributed by atoms with Gasteiger partial charge < -0.3 is 14.5 Å². The van der Waals surface area contributed by atoms with Gasteiger partial charge in [0.25, 0.3) is 5.91 Å². The molecule has 146 valence electrons. The lowest BCUT2D eigenvalue weighted by Crippen LogP contribution is -2.42. The normalized spacial score (nSPS) is 15.5. The summed E-state index contributed by atoms with van der Waals surface area (Å²) in [6.45, 7) is 4.71. The highest BCUT2D eigenvalue weighted by Gasteiger charge is 2.25. The molecule has 1 atom stereocenters. The van der Waals surface area contributed by atoms with Gasteiger partial charge in [0.05, 0.1) is 16.1 Å². The van der Waals surface area contributed by atoms with Crippen molar-refractivity contribution in [3.63, 3.8) is 0 Å². The summed E-state index contributed by atoms with van der Waals surface area (Å²) >= 11 is 9.37. The van der Waals surface area contributed by atoms with Crippen molar-refractivity contribution in [1.82, 2.24) is 4.90 Å². The highest BCUT2D eigenvalue weighted by molar-refractivity contribution is 9.10. The monoisotopic (exact) mass is 461 g/mol. The molecule has 0 spiro atoms. The molecule has 1 aliphatic rings. The predicted molar refractivity (Wildman–Crippen MR) is 114 cm³/mol. The van der Waals surface area contributed by atoms with E-state index in [-0.39, 0.29) is 5.91 Å². The predicted octanol–water partition coefficient (Wildman–Crippen LogP) is 4.48. The fourth-order valence-electron chi connectivity index (χ4n) is 3.21. The lowest BCUT2D eigenvalue weighted by molar-refractivity contribution is -0.137. The van der Waals surface area contributed by atoms with Gasteiger partial charge in [-0.05, 0) is 71.7 Å². The molecule has 2 aromatic carbocycles. The number of halogens is 2. The third kappa shape index (κ3) is 4.98. The minimum atomic E-state index is -0.584. The van der Waals surface area contributed by atoms with Crippen molar-refractivity contribution in [1.29, 1.82) is 5.26 Å². The number of anilines is 1. The van der Waals surface area contributed by atoms with E-state index in [2.05, 4.69) is 26.9 Å². The van der Waals surface area contributed by atoms with Crippen LogP contribution in [0.4, 0.5) is 5.69 Å². The second-order valence-electron chi connectivity index (χ2n) is 6.66. The van der Waals surface area contributed by atoms with Crippen LogP contribution in [-0.4, -0.2) is 43.1 Å². The lowest BCUT2D eigenvalue weighted by atomic mass is 10.2. The Hall–Kier alpha value is -2.23. The third-order valence-electron chi connectivity index (χ3n) is 4.71. The van der Waals surface area contributed by atoms with E-state index in [1.54, 1.807) is 25.1 Å². The molecule has 1 unspecified atom stereocenters. The molecule has 0 N–H and O–H groups in total. The van der Waals surface area contributed by atoms with Gasteiger partial charge in [-0.15, -0.1) is 0 Å². The van der Waals surface area contributed by atoms with E-state index in [0.29, 0.717) is 29.4 Å². The van der Waals surface area contributed by atoms with Gasteiger partial charge in [0.2, 0.25) is 0 Å². The Kier molecular flexibility index (Phi) is 6.82. The molecule has 7 heteroatoms. The van der Waals surface area contributed by atoms with Crippen LogP contribution < -0.4 is 9.64 Å². The standard InChI is InChI=1S/C21H21BrClN3O2/c1-15(28-20-8-5-17(23)13-19(20)22)21(27)26-10-2-9-25(11-12-26)18-6-3-16(14-24)4-7-18/h3-8,13,15H,2,9-12H2,1H3. The van der Waals surface area contributed by atoms with Crippen molar-refractivity contribution < 1.29 is 9.53 Å². The molecule has 1 saturated heterocycles. The second-order valence-corrected chi connectivity index (χ2v) is 7.95. The van der Waals surface area contributed by atoms with E-state index >= 15 is 0 Å². The average molecular weight is 463 g/mol. The maximum Gasteiger partial charge on any atom is 0.263 e. The van der Waals surface area contributed by atoms with Crippen LogP contribution in [0.3, 0.4) is 0 Å². The fraction of sp³-hybridized carbons (Fsp3) is 0.333. The van der Waals surface area contributed by atoms with Gasteiger partial charge in [0.1, 0.15) is 5.75 Å². The Morgan fingerprint density at radius 3 is 2.61 bits per heavy atom. The van der Waals surface area contributed by atoms with Crippen molar-refractivity contribution in [2.24, 2.45) is 0 Å². The zero-order valence-electron chi connectivity index (χ0n) is 15.6. The van der Waals surface area contributed by atoms with Crippen LogP contribution in [0, 0.1) is 11.3 Å². The summed E-state index contributed by atoms with van der Waals surface area (Å²) < 4.78 is 6.58. The maximum absolute atomic E-state index is 12.9. The molecule has 0 radical (unpaired) electrons. The number of carbonyl (C=O) groups excluding carboxylic acids is 1. The summed E-state index contributed by atoms with van der Waals surface area (Å²) in [4.78, 5) is 17.0. The Morgan fingerprint density at radius 2 is 1.93 bits per heavy atom. The summed E-state index contributed by atoms with van der Waals surface area (Å²) in [7, 11) is 0. The van der Waals surface area contributed by atoms with Crippen LogP contribution in [0.1, 0.15) is 18.9 Å². The largest absolute Gasteiger partial charge is 0.480 e. The van der Waals surface area contributed by atoms with Gasteiger partial charge in [-0.3, -0.25) is 4.79 Å². The summed E-state index contributed by atoms with van der Waals surface area (Å²) in [5.74, 6) is 0.572. The number of carbonyl (C=O) groups is 1. The van der Waals surface area contributed by atoms with Crippen LogP contribution in [0.2, 0.25) is 5.02 Å². The van der Waals surface area contributed by atoms with E-state index in [1.165, 1.54) is 0 Å². The average Bonchev–Trinajstić information content (AvgIpc) is 2.96. The molecule has 1 heterocycles. The van der Waals surface area contributed by atoms with Crippen LogP contribution in [0.25, 0.3) is 0 Å².